The Morgan fingerprint density at radius 2 is 1.88 bits per heavy atom. The summed E-state index contributed by atoms with van der Waals surface area (Å²) in [5.74, 6) is -1.22. The Labute approximate surface area is 151 Å². The fraction of sp³-hybridized carbons (Fsp3) is 0.500. The van der Waals surface area contributed by atoms with Gasteiger partial charge in [-0.1, -0.05) is 0 Å². The van der Waals surface area contributed by atoms with E-state index in [-0.39, 0.29) is 43.3 Å². The largest absolute Gasteiger partial charge is 0.375 e. The smallest absolute Gasteiger partial charge is 0.251 e. The molecule has 26 heavy (non-hydrogen) atoms. The number of piperidine rings is 1. The highest BCUT2D eigenvalue weighted by Crippen LogP contribution is 2.16. The van der Waals surface area contributed by atoms with Crippen LogP contribution in [0.25, 0.3) is 0 Å². The topological polar surface area (TPSA) is 87.7 Å². The Hall–Kier alpha value is -2.48. The van der Waals surface area contributed by atoms with Gasteiger partial charge in [-0.05, 0) is 37.1 Å². The summed E-state index contributed by atoms with van der Waals surface area (Å²) < 4.78 is 17.7. The maximum Gasteiger partial charge on any atom is 0.251 e. The van der Waals surface area contributed by atoms with E-state index in [4.69, 9.17) is 4.74 Å². The summed E-state index contributed by atoms with van der Waals surface area (Å²) in [6.07, 6.45) is 1.50. The van der Waals surface area contributed by atoms with Gasteiger partial charge in [0.25, 0.3) is 5.91 Å². The predicted octanol–water partition coefficient (Wildman–Crippen LogP) is 0.557. The number of nitrogens with one attached hydrogen (secondary N) is 2. The Kier molecular flexibility index (Phi) is 7.53. The quantitative estimate of drug-likeness (QED) is 0.691. The van der Waals surface area contributed by atoms with Crippen LogP contribution in [0.4, 0.5) is 4.39 Å². The lowest BCUT2D eigenvalue weighted by Gasteiger charge is -2.31. The van der Waals surface area contributed by atoms with Gasteiger partial charge in [0.1, 0.15) is 12.4 Å². The van der Waals surface area contributed by atoms with E-state index >= 15 is 0 Å². The number of amides is 3. The van der Waals surface area contributed by atoms with Gasteiger partial charge >= 0.3 is 0 Å². The van der Waals surface area contributed by atoms with E-state index in [1.807, 2.05) is 0 Å². The average Bonchev–Trinajstić information content (AvgIpc) is 2.65. The minimum atomic E-state index is -0.403. The Balaban J connectivity index is 1.70. The van der Waals surface area contributed by atoms with Crippen LogP contribution in [0.2, 0.25) is 0 Å². The molecule has 2 N–H and O–H groups in total. The SMILES string of the molecule is COCC(=O)N1CCC[C@@H](C(=O)NCCNC(=O)c2ccc(F)cc2)C1. The highest BCUT2D eigenvalue weighted by molar-refractivity contribution is 5.94. The molecule has 0 aromatic heterocycles. The molecule has 1 saturated heterocycles. The lowest BCUT2D eigenvalue weighted by atomic mass is 9.97. The van der Waals surface area contributed by atoms with Gasteiger partial charge in [-0.25, -0.2) is 4.39 Å². The lowest BCUT2D eigenvalue weighted by molar-refractivity contribution is -0.138. The summed E-state index contributed by atoms with van der Waals surface area (Å²) in [5.41, 5.74) is 0.359. The van der Waals surface area contributed by atoms with Gasteiger partial charge in [0.15, 0.2) is 0 Å². The summed E-state index contributed by atoms with van der Waals surface area (Å²) in [6, 6.07) is 5.24. The fourth-order valence-electron chi connectivity index (χ4n) is 2.84. The molecule has 1 aliphatic heterocycles. The number of nitrogens with zero attached hydrogens (tertiary/aromatic N) is 1. The van der Waals surface area contributed by atoms with E-state index in [1.54, 1.807) is 4.90 Å². The Morgan fingerprint density at radius 1 is 1.19 bits per heavy atom. The fourth-order valence-corrected chi connectivity index (χ4v) is 2.84. The number of halogens is 1. The van der Waals surface area contributed by atoms with Crippen molar-refractivity contribution >= 4 is 17.7 Å². The summed E-state index contributed by atoms with van der Waals surface area (Å²) in [5, 5.41) is 5.44. The second-order valence-electron chi connectivity index (χ2n) is 6.17. The van der Waals surface area contributed by atoms with Crippen molar-refractivity contribution in [1.82, 2.24) is 15.5 Å². The Bertz CT molecular complexity index is 636. The Morgan fingerprint density at radius 3 is 2.58 bits per heavy atom. The molecule has 0 bridgehead atoms. The third-order valence-electron chi connectivity index (χ3n) is 4.23. The molecule has 0 radical (unpaired) electrons. The van der Waals surface area contributed by atoms with Crippen LogP contribution < -0.4 is 10.6 Å². The average molecular weight is 365 g/mol. The number of ether oxygens (including phenoxy) is 1. The molecule has 0 saturated carbocycles. The van der Waals surface area contributed by atoms with Gasteiger partial charge in [-0.15, -0.1) is 0 Å². The number of carbonyl (C=O) groups excluding carboxylic acids is 3. The number of benzene rings is 1. The third kappa shape index (κ3) is 5.80. The van der Waals surface area contributed by atoms with Gasteiger partial charge < -0.3 is 20.3 Å². The molecule has 2 rings (SSSR count). The highest BCUT2D eigenvalue weighted by Gasteiger charge is 2.27. The molecule has 142 valence electrons. The van der Waals surface area contributed by atoms with Gasteiger partial charge in [0.2, 0.25) is 11.8 Å². The number of rotatable bonds is 7. The normalized spacial score (nSPS) is 16.8. The zero-order chi connectivity index (χ0) is 18.9. The first-order valence-corrected chi connectivity index (χ1v) is 8.59. The third-order valence-corrected chi connectivity index (χ3v) is 4.23. The van der Waals surface area contributed by atoms with Gasteiger partial charge in [-0.3, -0.25) is 14.4 Å². The van der Waals surface area contributed by atoms with Crippen LogP contribution >= 0.6 is 0 Å². The first-order chi connectivity index (χ1) is 12.5. The maximum absolute atomic E-state index is 12.8. The van der Waals surface area contributed by atoms with Crippen molar-refractivity contribution in [3.05, 3.63) is 35.6 Å². The predicted molar refractivity (Wildman–Crippen MR) is 92.9 cm³/mol. The van der Waals surface area contributed by atoms with Crippen LogP contribution in [0.1, 0.15) is 23.2 Å². The van der Waals surface area contributed by atoms with Crippen molar-refractivity contribution in [3.63, 3.8) is 0 Å². The molecule has 1 heterocycles. The van der Waals surface area contributed by atoms with Crippen LogP contribution in [0.5, 0.6) is 0 Å². The zero-order valence-corrected chi connectivity index (χ0v) is 14.8. The van der Waals surface area contributed by atoms with E-state index in [0.29, 0.717) is 18.7 Å². The first kappa shape index (κ1) is 19.8. The van der Waals surface area contributed by atoms with Gasteiger partial charge in [0.05, 0.1) is 5.92 Å². The molecule has 1 aromatic carbocycles. The molecule has 1 atom stereocenters. The first-order valence-electron chi connectivity index (χ1n) is 8.59. The summed E-state index contributed by atoms with van der Waals surface area (Å²) in [7, 11) is 1.46. The molecule has 1 aromatic rings. The van der Waals surface area contributed by atoms with Crippen LogP contribution in [0, 0.1) is 11.7 Å². The van der Waals surface area contributed by atoms with Crippen molar-refractivity contribution in [3.8, 4) is 0 Å². The summed E-state index contributed by atoms with van der Waals surface area (Å²) >= 11 is 0. The molecule has 0 unspecified atom stereocenters. The number of hydrogen-bond acceptors (Lipinski definition) is 4. The van der Waals surface area contributed by atoms with Gasteiger partial charge in [0, 0.05) is 38.9 Å². The molecule has 7 nitrogen and oxygen atoms in total. The summed E-state index contributed by atoms with van der Waals surface area (Å²) in [4.78, 5) is 37.6. The lowest BCUT2D eigenvalue weighted by Crippen LogP contribution is -2.47. The van der Waals surface area contributed by atoms with E-state index in [9.17, 15) is 18.8 Å². The maximum atomic E-state index is 12.8. The van der Waals surface area contributed by atoms with Crippen LogP contribution in [0.15, 0.2) is 24.3 Å². The molecule has 3 amide bonds. The molecule has 0 aliphatic carbocycles. The van der Waals surface area contributed by atoms with Crippen LogP contribution in [-0.4, -0.2) is 62.5 Å². The van der Waals surface area contributed by atoms with Crippen LogP contribution in [-0.2, 0) is 14.3 Å². The molecular weight excluding hydrogens is 341 g/mol. The molecule has 1 aliphatic rings. The standard InChI is InChI=1S/C18H24FN3O4/c1-26-12-16(23)22-10-2-3-14(11-22)18(25)21-9-8-20-17(24)13-4-6-15(19)7-5-13/h4-7,14H,2-3,8-12H2,1H3,(H,20,24)(H,21,25)/t14-/m1/s1. The molecule has 8 heteroatoms. The van der Waals surface area contributed by atoms with Crippen molar-refractivity contribution in [2.75, 3.05) is 39.9 Å². The molecule has 1 fully saturated rings. The van der Waals surface area contributed by atoms with Crippen molar-refractivity contribution in [2.45, 2.75) is 12.8 Å². The monoisotopic (exact) mass is 365 g/mol. The van der Waals surface area contributed by atoms with E-state index in [1.165, 1.54) is 31.4 Å². The number of hydrogen-bond donors (Lipinski definition) is 2. The highest BCUT2D eigenvalue weighted by atomic mass is 19.1. The zero-order valence-electron chi connectivity index (χ0n) is 14.8. The number of likely N-dealkylation sites (tertiary alicyclic amines) is 1. The minimum absolute atomic E-state index is 0.0176. The van der Waals surface area contributed by atoms with Crippen LogP contribution in [0.3, 0.4) is 0 Å². The van der Waals surface area contributed by atoms with Crippen molar-refractivity contribution < 1.29 is 23.5 Å². The van der Waals surface area contributed by atoms with Crippen molar-refractivity contribution in [1.29, 1.82) is 0 Å². The molecule has 0 spiro atoms. The van der Waals surface area contributed by atoms with Crippen molar-refractivity contribution in [2.24, 2.45) is 5.92 Å². The number of carbonyl (C=O) groups is 3. The van der Waals surface area contributed by atoms with E-state index in [2.05, 4.69) is 10.6 Å². The minimum Gasteiger partial charge on any atom is -0.375 e. The number of methoxy groups -OCH3 is 1. The molecular formula is C18H24FN3O4. The second kappa shape index (κ2) is 9.86. The van der Waals surface area contributed by atoms with Gasteiger partial charge in [-0.2, -0.15) is 0 Å². The van der Waals surface area contributed by atoms with E-state index < -0.39 is 5.82 Å². The summed E-state index contributed by atoms with van der Waals surface area (Å²) in [6.45, 7) is 1.59. The second-order valence-corrected chi connectivity index (χ2v) is 6.17. The van der Waals surface area contributed by atoms with E-state index in [0.717, 1.165) is 12.8 Å².